The van der Waals surface area contributed by atoms with Gasteiger partial charge in [0.05, 0.1) is 11.7 Å². The van der Waals surface area contributed by atoms with E-state index < -0.39 is 0 Å². The number of aryl methyl sites for hydroxylation is 1. The van der Waals surface area contributed by atoms with Crippen molar-refractivity contribution in [3.05, 3.63) is 45.8 Å². The quantitative estimate of drug-likeness (QED) is 0.899. The van der Waals surface area contributed by atoms with Crippen molar-refractivity contribution in [3.63, 3.8) is 0 Å². The topological polar surface area (TPSA) is 50.4 Å². The normalized spacial score (nSPS) is 19.1. The van der Waals surface area contributed by atoms with E-state index in [0.717, 1.165) is 34.7 Å². The van der Waals surface area contributed by atoms with Crippen LogP contribution < -0.4 is 15.4 Å². The summed E-state index contributed by atoms with van der Waals surface area (Å²) in [5.74, 6) is 0.896. The minimum atomic E-state index is -0.179. The molecular weight excluding hydrogens is 308 g/mol. The molecule has 2 N–H and O–H groups in total. The highest BCUT2D eigenvalue weighted by Gasteiger charge is 2.32. The van der Waals surface area contributed by atoms with E-state index in [2.05, 4.69) is 10.6 Å². The monoisotopic (exact) mass is 328 g/mol. The zero-order chi connectivity index (χ0) is 16.0. The third-order valence-corrected chi connectivity index (χ3v) is 5.51. The average Bonchev–Trinajstić information content (AvgIpc) is 3.07. The van der Waals surface area contributed by atoms with Gasteiger partial charge in [-0.15, -0.1) is 11.3 Å². The Balaban J connectivity index is 1.58. The van der Waals surface area contributed by atoms with Gasteiger partial charge < -0.3 is 15.4 Å². The molecule has 0 bridgehead atoms. The van der Waals surface area contributed by atoms with Crippen LogP contribution in [-0.2, 0) is 12.8 Å². The average molecular weight is 328 g/mol. The fraction of sp³-hybridized carbons (Fsp3) is 0.389. The minimum Gasteiger partial charge on any atom is -0.491 e. The minimum absolute atomic E-state index is 0.0469. The van der Waals surface area contributed by atoms with Crippen LogP contribution in [0.4, 0.5) is 5.00 Å². The summed E-state index contributed by atoms with van der Waals surface area (Å²) >= 11 is 1.74. The summed E-state index contributed by atoms with van der Waals surface area (Å²) < 4.78 is 5.67. The van der Waals surface area contributed by atoms with Gasteiger partial charge in [-0.3, -0.25) is 4.79 Å². The Hall–Kier alpha value is -2.01. The molecule has 4 nitrogen and oxygen atoms in total. The van der Waals surface area contributed by atoms with Crippen molar-refractivity contribution in [1.29, 1.82) is 0 Å². The second-order valence-corrected chi connectivity index (χ2v) is 7.45. The molecule has 2 aromatic rings. The first-order valence-corrected chi connectivity index (χ1v) is 8.92. The van der Waals surface area contributed by atoms with E-state index in [4.69, 9.17) is 4.74 Å². The van der Waals surface area contributed by atoms with Crippen molar-refractivity contribution >= 4 is 22.2 Å². The summed E-state index contributed by atoms with van der Waals surface area (Å²) in [7, 11) is 0. The van der Waals surface area contributed by atoms with Gasteiger partial charge in [-0.2, -0.15) is 0 Å². The predicted octanol–water partition coefficient (Wildman–Crippen LogP) is 3.88. The molecule has 1 aliphatic carbocycles. The van der Waals surface area contributed by atoms with Crippen molar-refractivity contribution < 1.29 is 9.53 Å². The van der Waals surface area contributed by atoms with Crippen molar-refractivity contribution in [2.45, 2.75) is 45.4 Å². The number of carbonyl (C=O) groups excluding carboxylic acids is 1. The van der Waals surface area contributed by atoms with Crippen LogP contribution in [0, 0.1) is 0 Å². The Labute approximate surface area is 139 Å². The van der Waals surface area contributed by atoms with Crippen LogP contribution in [0.1, 0.15) is 52.8 Å². The fourth-order valence-corrected chi connectivity index (χ4v) is 4.61. The highest BCUT2D eigenvalue weighted by molar-refractivity contribution is 7.16. The molecule has 1 amide bonds. The summed E-state index contributed by atoms with van der Waals surface area (Å²) in [6.45, 7) is 4.02. The molecule has 2 aliphatic rings. The van der Waals surface area contributed by atoms with Gasteiger partial charge in [-0.05, 0) is 56.4 Å². The van der Waals surface area contributed by atoms with Gasteiger partial charge in [0.1, 0.15) is 16.9 Å². The van der Waals surface area contributed by atoms with E-state index in [1.807, 2.05) is 38.1 Å². The third-order valence-electron chi connectivity index (χ3n) is 4.28. The molecule has 120 valence electrons. The van der Waals surface area contributed by atoms with Gasteiger partial charge in [0.25, 0.3) is 5.91 Å². The Bertz CT molecular complexity index is 749. The lowest BCUT2D eigenvalue weighted by Crippen LogP contribution is -2.38. The van der Waals surface area contributed by atoms with Crippen LogP contribution in [0.5, 0.6) is 5.75 Å². The second-order valence-electron chi connectivity index (χ2n) is 6.35. The molecule has 23 heavy (non-hydrogen) atoms. The molecule has 1 aliphatic heterocycles. The van der Waals surface area contributed by atoms with Crippen LogP contribution in [0.25, 0.3) is 0 Å². The van der Waals surface area contributed by atoms with Gasteiger partial charge in [-0.25, -0.2) is 0 Å². The molecule has 0 spiro atoms. The number of nitrogens with one attached hydrogen (secondary N) is 2. The van der Waals surface area contributed by atoms with Crippen LogP contribution in [0.3, 0.4) is 0 Å². The molecule has 2 heterocycles. The lowest BCUT2D eigenvalue weighted by atomic mass is 10.1. The van der Waals surface area contributed by atoms with Gasteiger partial charge in [0.2, 0.25) is 0 Å². The summed E-state index contributed by atoms with van der Waals surface area (Å²) in [6.07, 6.45) is 3.28. The van der Waals surface area contributed by atoms with Gasteiger partial charge in [0, 0.05) is 4.88 Å². The smallest absolute Gasteiger partial charge is 0.256 e. The lowest BCUT2D eigenvalue weighted by molar-refractivity contribution is 0.0935. The number of thiophene rings is 1. The van der Waals surface area contributed by atoms with Crippen LogP contribution in [-0.4, -0.2) is 12.0 Å². The number of carbonyl (C=O) groups is 1. The summed E-state index contributed by atoms with van der Waals surface area (Å²) in [5.41, 5.74) is 3.17. The van der Waals surface area contributed by atoms with Crippen molar-refractivity contribution in [3.8, 4) is 5.75 Å². The van der Waals surface area contributed by atoms with Crippen molar-refractivity contribution in [2.24, 2.45) is 0 Å². The van der Waals surface area contributed by atoms with Crippen LogP contribution in [0.2, 0.25) is 0 Å². The maximum atomic E-state index is 12.5. The Morgan fingerprint density at radius 1 is 1.17 bits per heavy atom. The van der Waals surface area contributed by atoms with Crippen molar-refractivity contribution in [1.82, 2.24) is 5.32 Å². The number of rotatable bonds is 3. The zero-order valence-corrected chi connectivity index (χ0v) is 14.1. The molecule has 1 aromatic heterocycles. The maximum Gasteiger partial charge on any atom is 0.256 e. The molecule has 5 heteroatoms. The number of hydrogen-bond donors (Lipinski definition) is 2. The second kappa shape index (κ2) is 5.57. The first-order chi connectivity index (χ1) is 11.1. The zero-order valence-electron chi connectivity index (χ0n) is 13.3. The molecule has 4 rings (SSSR count). The number of ether oxygens (including phenoxy) is 1. The highest BCUT2D eigenvalue weighted by Crippen LogP contribution is 2.42. The number of amides is 1. The van der Waals surface area contributed by atoms with E-state index in [9.17, 15) is 4.79 Å². The molecule has 0 saturated carbocycles. The maximum absolute atomic E-state index is 12.5. The fourth-order valence-electron chi connectivity index (χ4n) is 3.29. The number of fused-ring (bicyclic) bond motifs is 3. The summed E-state index contributed by atoms with van der Waals surface area (Å²) in [4.78, 5) is 13.9. The van der Waals surface area contributed by atoms with E-state index in [-0.39, 0.29) is 18.2 Å². The Morgan fingerprint density at radius 3 is 2.70 bits per heavy atom. The third kappa shape index (κ3) is 2.59. The number of anilines is 1. The number of hydrogen-bond acceptors (Lipinski definition) is 4. The highest BCUT2D eigenvalue weighted by atomic mass is 32.1. The molecule has 0 radical (unpaired) electrons. The molecular formula is C18H20N2O2S. The van der Waals surface area contributed by atoms with Crippen LogP contribution >= 0.6 is 11.3 Å². The SMILES string of the molecule is CC(C)Oc1ccc([C@@H]2NC(=O)c3c(sc4c3CCC4)N2)cc1. The Kier molecular flexibility index (Phi) is 3.53. The Morgan fingerprint density at radius 2 is 1.96 bits per heavy atom. The van der Waals surface area contributed by atoms with E-state index in [0.29, 0.717) is 0 Å². The van der Waals surface area contributed by atoms with Gasteiger partial charge in [0.15, 0.2) is 0 Å². The molecule has 1 atom stereocenters. The predicted molar refractivity (Wildman–Crippen MR) is 92.4 cm³/mol. The molecule has 1 aromatic carbocycles. The van der Waals surface area contributed by atoms with E-state index in [1.165, 1.54) is 16.9 Å². The van der Waals surface area contributed by atoms with Crippen molar-refractivity contribution in [2.75, 3.05) is 5.32 Å². The number of benzene rings is 1. The molecule has 0 fully saturated rings. The summed E-state index contributed by atoms with van der Waals surface area (Å²) in [5, 5.41) is 7.58. The lowest BCUT2D eigenvalue weighted by Gasteiger charge is -2.26. The molecule has 0 saturated heterocycles. The molecule has 0 unspecified atom stereocenters. The first-order valence-electron chi connectivity index (χ1n) is 8.10. The van der Waals surface area contributed by atoms with Gasteiger partial charge >= 0.3 is 0 Å². The standard InChI is InChI=1S/C18H20N2O2S/c1-10(2)22-12-8-6-11(7-9-12)16-19-17(21)15-13-4-3-5-14(13)23-18(15)20-16/h6-10,16,20H,3-5H2,1-2H3,(H,19,21)/t16-/m1/s1. The summed E-state index contributed by atoms with van der Waals surface area (Å²) in [6, 6.07) is 7.91. The van der Waals surface area contributed by atoms with Crippen LogP contribution in [0.15, 0.2) is 24.3 Å². The van der Waals surface area contributed by atoms with E-state index >= 15 is 0 Å². The first kappa shape index (κ1) is 14.6. The largest absolute Gasteiger partial charge is 0.491 e. The van der Waals surface area contributed by atoms with E-state index in [1.54, 1.807) is 11.3 Å². The van der Waals surface area contributed by atoms with Gasteiger partial charge in [-0.1, -0.05) is 12.1 Å².